The highest BCUT2D eigenvalue weighted by atomic mass is 16.3. The van der Waals surface area contributed by atoms with Crippen molar-refractivity contribution in [2.45, 2.75) is 13.0 Å². The lowest BCUT2D eigenvalue weighted by Gasteiger charge is -2.39. The average Bonchev–Trinajstić information content (AvgIpc) is 2.56. The van der Waals surface area contributed by atoms with Crippen LogP contribution in [0.3, 0.4) is 0 Å². The largest absolute Gasteiger partial charge is 0.395 e. The molecule has 2 aromatic rings. The zero-order valence-electron chi connectivity index (χ0n) is 12.5. The SMILES string of the molecule is CC1CN(C(=O)c2nnc3ccccc3n2)CCN1CCO. The molecule has 116 valence electrons. The topological polar surface area (TPSA) is 82.5 Å². The van der Waals surface area contributed by atoms with Crippen LogP contribution in [-0.4, -0.2) is 74.8 Å². The van der Waals surface area contributed by atoms with Gasteiger partial charge >= 0.3 is 0 Å². The van der Waals surface area contributed by atoms with Crippen molar-refractivity contribution < 1.29 is 9.90 Å². The van der Waals surface area contributed by atoms with Crippen LogP contribution in [0, 0.1) is 0 Å². The van der Waals surface area contributed by atoms with Gasteiger partial charge < -0.3 is 10.0 Å². The molecule has 1 saturated heterocycles. The second kappa shape index (κ2) is 6.33. The molecule has 1 aliphatic heterocycles. The number of carbonyl (C=O) groups is 1. The van der Waals surface area contributed by atoms with Gasteiger partial charge in [-0.05, 0) is 19.1 Å². The maximum absolute atomic E-state index is 12.5. The predicted molar refractivity (Wildman–Crippen MR) is 81.4 cm³/mol. The molecule has 1 aliphatic rings. The van der Waals surface area contributed by atoms with Crippen molar-refractivity contribution in [2.24, 2.45) is 0 Å². The molecule has 3 rings (SSSR count). The van der Waals surface area contributed by atoms with Crippen molar-refractivity contribution in [1.82, 2.24) is 25.0 Å². The van der Waals surface area contributed by atoms with Crippen molar-refractivity contribution in [2.75, 3.05) is 32.8 Å². The van der Waals surface area contributed by atoms with Gasteiger partial charge in [0.05, 0.1) is 12.1 Å². The molecule has 0 spiro atoms. The molecular formula is C15H19N5O2. The van der Waals surface area contributed by atoms with Crippen LogP contribution in [0.2, 0.25) is 0 Å². The Labute approximate surface area is 128 Å². The summed E-state index contributed by atoms with van der Waals surface area (Å²) in [6, 6.07) is 7.57. The summed E-state index contributed by atoms with van der Waals surface area (Å²) in [4.78, 5) is 20.8. The molecule has 22 heavy (non-hydrogen) atoms. The maximum Gasteiger partial charge on any atom is 0.293 e. The molecule has 0 radical (unpaired) electrons. The van der Waals surface area contributed by atoms with Crippen molar-refractivity contribution in [1.29, 1.82) is 0 Å². The molecule has 0 bridgehead atoms. The summed E-state index contributed by atoms with van der Waals surface area (Å²) in [7, 11) is 0. The van der Waals surface area contributed by atoms with E-state index in [0.717, 1.165) is 6.54 Å². The summed E-state index contributed by atoms with van der Waals surface area (Å²) >= 11 is 0. The third-order valence-corrected chi connectivity index (χ3v) is 3.99. The zero-order valence-corrected chi connectivity index (χ0v) is 12.5. The fourth-order valence-electron chi connectivity index (χ4n) is 2.75. The van der Waals surface area contributed by atoms with E-state index < -0.39 is 0 Å². The van der Waals surface area contributed by atoms with Gasteiger partial charge in [0, 0.05) is 32.2 Å². The van der Waals surface area contributed by atoms with Crippen LogP contribution >= 0.6 is 0 Å². The average molecular weight is 301 g/mol. The second-order valence-corrected chi connectivity index (χ2v) is 5.48. The zero-order chi connectivity index (χ0) is 15.5. The minimum Gasteiger partial charge on any atom is -0.395 e. The van der Waals surface area contributed by atoms with E-state index >= 15 is 0 Å². The van der Waals surface area contributed by atoms with Gasteiger partial charge in [-0.15, -0.1) is 10.2 Å². The molecule has 0 saturated carbocycles. The van der Waals surface area contributed by atoms with Gasteiger partial charge in [-0.2, -0.15) is 0 Å². The number of carbonyl (C=O) groups excluding carboxylic acids is 1. The molecule has 1 N–H and O–H groups in total. The first-order chi connectivity index (χ1) is 10.7. The molecule has 7 nitrogen and oxygen atoms in total. The van der Waals surface area contributed by atoms with Crippen LogP contribution < -0.4 is 0 Å². The van der Waals surface area contributed by atoms with E-state index in [-0.39, 0.29) is 24.4 Å². The van der Waals surface area contributed by atoms with Gasteiger partial charge in [-0.25, -0.2) is 4.98 Å². The fraction of sp³-hybridized carbons (Fsp3) is 0.467. The van der Waals surface area contributed by atoms with Gasteiger partial charge in [-0.3, -0.25) is 9.69 Å². The quantitative estimate of drug-likeness (QED) is 0.870. The molecule has 1 aromatic heterocycles. The van der Waals surface area contributed by atoms with Crippen LogP contribution in [0.1, 0.15) is 17.5 Å². The Hall–Kier alpha value is -2.12. The molecule has 7 heteroatoms. The second-order valence-electron chi connectivity index (χ2n) is 5.48. The Bertz CT molecular complexity index is 678. The van der Waals surface area contributed by atoms with E-state index in [9.17, 15) is 4.79 Å². The fourth-order valence-corrected chi connectivity index (χ4v) is 2.75. The summed E-state index contributed by atoms with van der Waals surface area (Å²) < 4.78 is 0. The minimum absolute atomic E-state index is 0.135. The molecule has 1 fully saturated rings. The Morgan fingerprint density at radius 3 is 2.77 bits per heavy atom. The van der Waals surface area contributed by atoms with Gasteiger partial charge in [0.1, 0.15) is 5.52 Å². The monoisotopic (exact) mass is 301 g/mol. The first-order valence-corrected chi connectivity index (χ1v) is 7.42. The van der Waals surface area contributed by atoms with E-state index in [1.54, 1.807) is 4.90 Å². The van der Waals surface area contributed by atoms with Crippen LogP contribution in [-0.2, 0) is 0 Å². The molecule has 0 aliphatic carbocycles. The predicted octanol–water partition coefficient (Wildman–Crippen LogP) is 0.163. The smallest absolute Gasteiger partial charge is 0.293 e. The van der Waals surface area contributed by atoms with E-state index in [0.29, 0.717) is 30.7 Å². The van der Waals surface area contributed by atoms with E-state index in [1.165, 1.54) is 0 Å². The summed E-state index contributed by atoms with van der Waals surface area (Å²) in [5.41, 5.74) is 1.35. The summed E-state index contributed by atoms with van der Waals surface area (Å²) in [5, 5.41) is 17.1. The Morgan fingerprint density at radius 1 is 1.27 bits per heavy atom. The highest BCUT2D eigenvalue weighted by Crippen LogP contribution is 2.12. The number of benzene rings is 1. The summed E-state index contributed by atoms with van der Waals surface area (Å²) in [6.07, 6.45) is 0. The number of hydrogen-bond donors (Lipinski definition) is 1. The molecular weight excluding hydrogens is 282 g/mol. The van der Waals surface area contributed by atoms with Gasteiger partial charge in [0.2, 0.25) is 5.82 Å². The summed E-state index contributed by atoms with van der Waals surface area (Å²) in [6.45, 7) is 4.78. The number of rotatable bonds is 3. The summed E-state index contributed by atoms with van der Waals surface area (Å²) in [5.74, 6) is -0.0461. The van der Waals surface area contributed by atoms with E-state index in [4.69, 9.17) is 5.11 Å². The molecule has 1 unspecified atom stereocenters. The third-order valence-electron chi connectivity index (χ3n) is 3.99. The Kier molecular flexibility index (Phi) is 4.26. The normalized spacial score (nSPS) is 19.5. The Balaban J connectivity index is 1.75. The number of piperazine rings is 1. The van der Waals surface area contributed by atoms with E-state index in [2.05, 4.69) is 27.0 Å². The molecule has 2 heterocycles. The van der Waals surface area contributed by atoms with Crippen LogP contribution in [0.4, 0.5) is 0 Å². The number of fused-ring (bicyclic) bond motifs is 1. The van der Waals surface area contributed by atoms with Crippen molar-refractivity contribution in [3.05, 3.63) is 30.1 Å². The molecule has 1 amide bonds. The standard InChI is InChI=1S/C15H19N5O2/c1-11-10-20(7-6-19(11)8-9-21)15(22)14-16-12-4-2-3-5-13(12)17-18-14/h2-5,11,21H,6-10H2,1H3. The lowest BCUT2D eigenvalue weighted by Crippen LogP contribution is -2.54. The number of aromatic nitrogens is 3. The Morgan fingerprint density at radius 2 is 2.05 bits per heavy atom. The van der Waals surface area contributed by atoms with Crippen LogP contribution in [0.25, 0.3) is 11.0 Å². The maximum atomic E-state index is 12.5. The lowest BCUT2D eigenvalue weighted by atomic mass is 10.2. The van der Waals surface area contributed by atoms with Crippen LogP contribution in [0.15, 0.2) is 24.3 Å². The number of nitrogens with zero attached hydrogens (tertiary/aromatic N) is 5. The van der Waals surface area contributed by atoms with Gasteiger partial charge in [0.15, 0.2) is 0 Å². The number of aliphatic hydroxyl groups is 1. The molecule has 1 aromatic carbocycles. The van der Waals surface area contributed by atoms with Crippen molar-refractivity contribution in [3.8, 4) is 0 Å². The lowest BCUT2D eigenvalue weighted by molar-refractivity contribution is 0.0459. The number of para-hydroxylation sites is 1. The number of aliphatic hydroxyl groups excluding tert-OH is 1. The van der Waals surface area contributed by atoms with E-state index in [1.807, 2.05) is 24.3 Å². The highest BCUT2D eigenvalue weighted by Gasteiger charge is 2.28. The van der Waals surface area contributed by atoms with Crippen LogP contribution in [0.5, 0.6) is 0 Å². The number of amides is 1. The van der Waals surface area contributed by atoms with Crippen molar-refractivity contribution >= 4 is 16.9 Å². The first-order valence-electron chi connectivity index (χ1n) is 7.42. The minimum atomic E-state index is -0.186. The number of β-amino-alcohol motifs (C(OH)–C–C–N with tert-alkyl or cyclic N) is 1. The highest BCUT2D eigenvalue weighted by molar-refractivity contribution is 5.92. The third kappa shape index (κ3) is 2.90. The van der Waals surface area contributed by atoms with Crippen molar-refractivity contribution in [3.63, 3.8) is 0 Å². The van der Waals surface area contributed by atoms with Gasteiger partial charge in [0.25, 0.3) is 5.91 Å². The first kappa shape index (κ1) is 14.8. The van der Waals surface area contributed by atoms with Gasteiger partial charge in [-0.1, -0.05) is 12.1 Å². The number of hydrogen-bond acceptors (Lipinski definition) is 6. The molecule has 1 atom stereocenters.